The van der Waals surface area contributed by atoms with Gasteiger partial charge in [-0.1, -0.05) is 18.0 Å². The monoisotopic (exact) mass is 420 g/mol. The van der Waals surface area contributed by atoms with Crippen LogP contribution in [-0.2, 0) is 0 Å². The minimum atomic E-state index is 0.0654. The SMILES string of the molecule is CC(C)N(CC1CCCCN1)C(=O)c1ccc(I)c(Cl)c1. The van der Waals surface area contributed by atoms with E-state index < -0.39 is 0 Å². The quantitative estimate of drug-likeness (QED) is 0.748. The lowest BCUT2D eigenvalue weighted by Crippen LogP contribution is -2.48. The van der Waals surface area contributed by atoms with E-state index in [9.17, 15) is 4.79 Å². The molecule has 1 aliphatic rings. The van der Waals surface area contributed by atoms with Crippen molar-refractivity contribution in [1.29, 1.82) is 0 Å². The number of hydrogen-bond donors (Lipinski definition) is 1. The Hall–Kier alpha value is -0.330. The highest BCUT2D eigenvalue weighted by Gasteiger charge is 2.24. The maximum Gasteiger partial charge on any atom is 0.254 e. The van der Waals surface area contributed by atoms with E-state index >= 15 is 0 Å². The van der Waals surface area contributed by atoms with Crippen LogP contribution in [0.4, 0.5) is 0 Å². The van der Waals surface area contributed by atoms with E-state index in [1.54, 1.807) is 6.07 Å². The van der Waals surface area contributed by atoms with E-state index in [1.807, 2.05) is 17.0 Å². The van der Waals surface area contributed by atoms with Crippen molar-refractivity contribution >= 4 is 40.1 Å². The van der Waals surface area contributed by atoms with Crippen molar-refractivity contribution in [3.8, 4) is 0 Å². The molecule has 1 saturated heterocycles. The molecule has 0 spiro atoms. The molecule has 1 fully saturated rings. The zero-order valence-electron chi connectivity index (χ0n) is 12.5. The van der Waals surface area contributed by atoms with Crippen molar-refractivity contribution in [3.05, 3.63) is 32.4 Å². The Morgan fingerprint density at radius 1 is 1.48 bits per heavy atom. The molecule has 0 radical (unpaired) electrons. The van der Waals surface area contributed by atoms with Crippen molar-refractivity contribution in [3.63, 3.8) is 0 Å². The van der Waals surface area contributed by atoms with E-state index in [2.05, 4.69) is 41.8 Å². The van der Waals surface area contributed by atoms with Gasteiger partial charge in [0, 0.05) is 27.8 Å². The molecular weight excluding hydrogens is 399 g/mol. The Morgan fingerprint density at radius 2 is 2.24 bits per heavy atom. The van der Waals surface area contributed by atoms with Crippen molar-refractivity contribution in [2.45, 2.75) is 45.2 Å². The molecule has 0 saturated carbocycles. The fourth-order valence-electron chi connectivity index (χ4n) is 2.64. The zero-order chi connectivity index (χ0) is 15.4. The highest BCUT2D eigenvalue weighted by molar-refractivity contribution is 14.1. The van der Waals surface area contributed by atoms with E-state index in [0.717, 1.165) is 23.1 Å². The predicted molar refractivity (Wildman–Crippen MR) is 96.0 cm³/mol. The van der Waals surface area contributed by atoms with Gasteiger partial charge in [-0.15, -0.1) is 0 Å². The van der Waals surface area contributed by atoms with Gasteiger partial charge in [-0.2, -0.15) is 0 Å². The molecule has 0 bridgehead atoms. The van der Waals surface area contributed by atoms with Crippen molar-refractivity contribution in [2.24, 2.45) is 0 Å². The van der Waals surface area contributed by atoms with Crippen molar-refractivity contribution in [1.82, 2.24) is 10.2 Å². The lowest BCUT2D eigenvalue weighted by molar-refractivity contribution is 0.0677. The molecule has 21 heavy (non-hydrogen) atoms. The van der Waals surface area contributed by atoms with E-state index in [1.165, 1.54) is 12.8 Å². The Morgan fingerprint density at radius 3 is 2.81 bits per heavy atom. The minimum absolute atomic E-state index is 0.0654. The first kappa shape index (κ1) is 17.0. The van der Waals surface area contributed by atoms with Crippen LogP contribution in [0.25, 0.3) is 0 Å². The van der Waals surface area contributed by atoms with Crippen LogP contribution >= 0.6 is 34.2 Å². The number of carbonyl (C=O) groups excluding carboxylic acids is 1. The topological polar surface area (TPSA) is 32.3 Å². The molecule has 1 aromatic carbocycles. The lowest BCUT2D eigenvalue weighted by Gasteiger charge is -2.33. The van der Waals surface area contributed by atoms with Crippen LogP contribution in [0.3, 0.4) is 0 Å². The Bertz CT molecular complexity index is 501. The number of piperidine rings is 1. The van der Waals surface area contributed by atoms with Gasteiger partial charge in [-0.25, -0.2) is 0 Å². The fourth-order valence-corrected chi connectivity index (χ4v) is 3.16. The molecule has 3 nitrogen and oxygen atoms in total. The maximum atomic E-state index is 12.8. The number of benzene rings is 1. The average molecular weight is 421 g/mol. The molecule has 1 aliphatic heterocycles. The second kappa shape index (κ2) is 7.79. The Balaban J connectivity index is 2.12. The third kappa shape index (κ3) is 4.57. The first-order valence-corrected chi connectivity index (χ1v) is 8.94. The molecule has 5 heteroatoms. The third-order valence-electron chi connectivity index (χ3n) is 3.88. The molecule has 1 atom stereocenters. The lowest BCUT2D eigenvalue weighted by atomic mass is 10.0. The van der Waals surface area contributed by atoms with Gasteiger partial charge in [0.05, 0.1) is 5.02 Å². The van der Waals surface area contributed by atoms with Gasteiger partial charge in [0.15, 0.2) is 0 Å². The van der Waals surface area contributed by atoms with Gasteiger partial charge in [-0.3, -0.25) is 4.79 Å². The smallest absolute Gasteiger partial charge is 0.254 e. The first-order valence-electron chi connectivity index (χ1n) is 7.48. The van der Waals surface area contributed by atoms with Crippen LogP contribution < -0.4 is 5.32 Å². The standard InChI is InChI=1S/C16H22ClIN2O/c1-11(2)20(10-13-5-3-4-8-19-13)16(21)12-6-7-15(18)14(17)9-12/h6-7,9,11,13,19H,3-5,8,10H2,1-2H3. The van der Waals surface area contributed by atoms with Crippen LogP contribution in [0, 0.1) is 3.57 Å². The largest absolute Gasteiger partial charge is 0.335 e. The Kier molecular flexibility index (Phi) is 6.32. The van der Waals surface area contributed by atoms with Gasteiger partial charge in [0.25, 0.3) is 5.91 Å². The van der Waals surface area contributed by atoms with Gasteiger partial charge >= 0.3 is 0 Å². The summed E-state index contributed by atoms with van der Waals surface area (Å²) >= 11 is 8.32. The van der Waals surface area contributed by atoms with E-state index in [0.29, 0.717) is 16.6 Å². The number of hydrogen-bond acceptors (Lipinski definition) is 2. The number of halogens is 2. The number of nitrogens with zero attached hydrogens (tertiary/aromatic N) is 1. The van der Waals surface area contributed by atoms with Gasteiger partial charge in [0.2, 0.25) is 0 Å². The molecule has 1 heterocycles. The molecule has 2 rings (SSSR count). The van der Waals surface area contributed by atoms with Gasteiger partial charge in [0.1, 0.15) is 0 Å². The van der Waals surface area contributed by atoms with Gasteiger partial charge < -0.3 is 10.2 Å². The molecule has 0 aliphatic carbocycles. The second-order valence-corrected chi connectivity index (χ2v) is 7.40. The highest BCUT2D eigenvalue weighted by Crippen LogP contribution is 2.21. The summed E-state index contributed by atoms with van der Waals surface area (Å²) in [5.74, 6) is 0.0654. The summed E-state index contributed by atoms with van der Waals surface area (Å²) in [4.78, 5) is 14.7. The summed E-state index contributed by atoms with van der Waals surface area (Å²) in [5.41, 5.74) is 0.671. The molecule has 1 unspecified atom stereocenters. The summed E-state index contributed by atoms with van der Waals surface area (Å²) in [6, 6.07) is 6.12. The summed E-state index contributed by atoms with van der Waals surface area (Å²) in [6.45, 7) is 5.95. The summed E-state index contributed by atoms with van der Waals surface area (Å²) < 4.78 is 0.968. The van der Waals surface area contributed by atoms with Crippen LogP contribution in [0.15, 0.2) is 18.2 Å². The van der Waals surface area contributed by atoms with Crippen LogP contribution in [0.5, 0.6) is 0 Å². The summed E-state index contributed by atoms with van der Waals surface area (Å²) in [7, 11) is 0. The molecule has 116 valence electrons. The van der Waals surface area contributed by atoms with E-state index in [-0.39, 0.29) is 11.9 Å². The number of nitrogens with one attached hydrogen (secondary N) is 1. The van der Waals surface area contributed by atoms with E-state index in [4.69, 9.17) is 11.6 Å². The number of rotatable bonds is 4. The van der Waals surface area contributed by atoms with Crippen molar-refractivity contribution < 1.29 is 4.79 Å². The fraction of sp³-hybridized carbons (Fsp3) is 0.562. The van der Waals surface area contributed by atoms with Gasteiger partial charge in [-0.05, 0) is 74.0 Å². The average Bonchev–Trinajstić information content (AvgIpc) is 2.47. The minimum Gasteiger partial charge on any atom is -0.335 e. The third-order valence-corrected chi connectivity index (χ3v) is 5.45. The summed E-state index contributed by atoms with van der Waals surface area (Å²) in [6.07, 6.45) is 3.62. The zero-order valence-corrected chi connectivity index (χ0v) is 15.4. The second-order valence-electron chi connectivity index (χ2n) is 5.83. The highest BCUT2D eigenvalue weighted by atomic mass is 127. The van der Waals surface area contributed by atoms with Crippen LogP contribution in [-0.4, -0.2) is 36.0 Å². The summed E-state index contributed by atoms with van der Waals surface area (Å²) in [5, 5.41) is 4.15. The molecular formula is C16H22ClIN2O. The number of amides is 1. The Labute approximate surface area is 145 Å². The molecule has 0 aromatic heterocycles. The number of carbonyl (C=O) groups is 1. The predicted octanol–water partition coefficient (Wildman–Crippen LogP) is 3.94. The molecule has 1 N–H and O–H groups in total. The van der Waals surface area contributed by atoms with Crippen molar-refractivity contribution in [2.75, 3.05) is 13.1 Å². The maximum absolute atomic E-state index is 12.8. The normalized spacial score (nSPS) is 18.8. The molecule has 1 aromatic rings. The molecule has 1 amide bonds. The van der Waals surface area contributed by atoms with Crippen LogP contribution in [0.2, 0.25) is 5.02 Å². The van der Waals surface area contributed by atoms with Crippen LogP contribution in [0.1, 0.15) is 43.5 Å². The first-order chi connectivity index (χ1) is 9.99.